The highest BCUT2D eigenvalue weighted by atomic mass is 15.2. The SMILES string of the molecule is CCCN1CC(NC2CCCCC2)CC(C(C)C)C1. The lowest BCUT2D eigenvalue weighted by molar-refractivity contribution is 0.107. The van der Waals surface area contributed by atoms with Gasteiger partial charge in [-0.3, -0.25) is 0 Å². The Bertz CT molecular complexity index is 246. The van der Waals surface area contributed by atoms with Gasteiger partial charge in [-0.15, -0.1) is 0 Å². The van der Waals surface area contributed by atoms with Gasteiger partial charge >= 0.3 is 0 Å². The summed E-state index contributed by atoms with van der Waals surface area (Å²) in [5.41, 5.74) is 0. The first-order chi connectivity index (χ1) is 9.19. The standard InChI is InChI=1S/C17H34N2/c1-4-10-19-12-15(14(2)3)11-17(13-19)18-16-8-6-5-7-9-16/h14-18H,4-13H2,1-3H3. The van der Waals surface area contributed by atoms with Gasteiger partial charge in [-0.1, -0.05) is 40.0 Å². The number of hydrogen-bond acceptors (Lipinski definition) is 2. The molecule has 0 spiro atoms. The van der Waals surface area contributed by atoms with Crippen molar-refractivity contribution in [3.63, 3.8) is 0 Å². The highest BCUT2D eigenvalue weighted by molar-refractivity contribution is 4.87. The van der Waals surface area contributed by atoms with E-state index < -0.39 is 0 Å². The lowest BCUT2D eigenvalue weighted by Gasteiger charge is -2.41. The summed E-state index contributed by atoms with van der Waals surface area (Å²) >= 11 is 0. The Labute approximate surface area is 120 Å². The normalized spacial score (nSPS) is 30.9. The van der Waals surface area contributed by atoms with Gasteiger partial charge in [0.05, 0.1) is 0 Å². The summed E-state index contributed by atoms with van der Waals surface area (Å²) in [6.07, 6.45) is 9.86. The van der Waals surface area contributed by atoms with Crippen LogP contribution in [0.1, 0.15) is 65.7 Å². The van der Waals surface area contributed by atoms with Crippen molar-refractivity contribution >= 4 is 0 Å². The fourth-order valence-corrected chi connectivity index (χ4v) is 3.94. The molecule has 0 amide bonds. The van der Waals surface area contributed by atoms with E-state index in [2.05, 4.69) is 31.0 Å². The van der Waals surface area contributed by atoms with Crippen molar-refractivity contribution in [2.45, 2.75) is 77.8 Å². The zero-order valence-corrected chi connectivity index (χ0v) is 13.3. The summed E-state index contributed by atoms with van der Waals surface area (Å²) in [6, 6.07) is 1.56. The van der Waals surface area contributed by atoms with Crippen molar-refractivity contribution in [3.8, 4) is 0 Å². The van der Waals surface area contributed by atoms with Crippen LogP contribution in [0.3, 0.4) is 0 Å². The molecule has 0 radical (unpaired) electrons. The van der Waals surface area contributed by atoms with Crippen LogP contribution < -0.4 is 5.32 Å². The van der Waals surface area contributed by atoms with Crippen LogP contribution in [-0.4, -0.2) is 36.6 Å². The average molecular weight is 266 g/mol. The molecule has 0 aromatic rings. The van der Waals surface area contributed by atoms with Crippen molar-refractivity contribution in [1.29, 1.82) is 0 Å². The molecule has 2 rings (SSSR count). The van der Waals surface area contributed by atoms with Gasteiger partial charge in [0.2, 0.25) is 0 Å². The predicted octanol–water partition coefficient (Wildman–Crippen LogP) is 3.67. The van der Waals surface area contributed by atoms with Crippen LogP contribution in [0.25, 0.3) is 0 Å². The fraction of sp³-hybridized carbons (Fsp3) is 1.00. The van der Waals surface area contributed by atoms with E-state index >= 15 is 0 Å². The molecule has 1 aliphatic heterocycles. The Balaban J connectivity index is 1.86. The highest BCUT2D eigenvalue weighted by Crippen LogP contribution is 2.26. The molecule has 1 saturated carbocycles. The predicted molar refractivity (Wildman–Crippen MR) is 83.5 cm³/mol. The minimum absolute atomic E-state index is 0.746. The van der Waals surface area contributed by atoms with Crippen molar-refractivity contribution in [2.75, 3.05) is 19.6 Å². The summed E-state index contributed by atoms with van der Waals surface area (Å²) in [7, 11) is 0. The van der Waals surface area contributed by atoms with Gasteiger partial charge in [-0.25, -0.2) is 0 Å². The van der Waals surface area contributed by atoms with E-state index in [1.807, 2.05) is 0 Å². The van der Waals surface area contributed by atoms with Crippen molar-refractivity contribution in [2.24, 2.45) is 11.8 Å². The quantitative estimate of drug-likeness (QED) is 0.817. The Hall–Kier alpha value is -0.0800. The Morgan fingerprint density at radius 1 is 1.05 bits per heavy atom. The summed E-state index contributed by atoms with van der Waals surface area (Å²) < 4.78 is 0. The smallest absolute Gasteiger partial charge is 0.0200 e. The Kier molecular flexibility index (Phi) is 6.15. The van der Waals surface area contributed by atoms with Crippen molar-refractivity contribution in [1.82, 2.24) is 10.2 Å². The lowest BCUT2D eigenvalue weighted by Crippen LogP contribution is -2.53. The van der Waals surface area contributed by atoms with Gasteiger partial charge in [0.1, 0.15) is 0 Å². The van der Waals surface area contributed by atoms with Gasteiger partial charge in [0, 0.05) is 25.2 Å². The Morgan fingerprint density at radius 3 is 2.42 bits per heavy atom. The molecule has 1 heterocycles. The van der Waals surface area contributed by atoms with Crippen LogP contribution in [0.2, 0.25) is 0 Å². The van der Waals surface area contributed by atoms with E-state index in [4.69, 9.17) is 0 Å². The molecular formula is C17H34N2. The number of nitrogens with one attached hydrogen (secondary N) is 1. The molecule has 2 fully saturated rings. The molecule has 0 aromatic carbocycles. The second-order valence-corrected chi connectivity index (χ2v) is 7.20. The van der Waals surface area contributed by atoms with Crippen LogP contribution in [0.15, 0.2) is 0 Å². The van der Waals surface area contributed by atoms with Crippen LogP contribution >= 0.6 is 0 Å². The van der Waals surface area contributed by atoms with Gasteiger partial charge in [-0.05, 0) is 44.1 Å². The van der Waals surface area contributed by atoms with Crippen molar-refractivity contribution < 1.29 is 0 Å². The van der Waals surface area contributed by atoms with Gasteiger partial charge < -0.3 is 10.2 Å². The molecule has 2 aliphatic rings. The minimum atomic E-state index is 0.746. The largest absolute Gasteiger partial charge is 0.310 e. The maximum absolute atomic E-state index is 3.99. The third-order valence-corrected chi connectivity index (χ3v) is 5.12. The van der Waals surface area contributed by atoms with Gasteiger partial charge in [0.15, 0.2) is 0 Å². The molecule has 112 valence electrons. The number of rotatable bonds is 5. The first-order valence-electron chi connectivity index (χ1n) is 8.67. The summed E-state index contributed by atoms with van der Waals surface area (Å²) in [5, 5.41) is 3.99. The second-order valence-electron chi connectivity index (χ2n) is 7.20. The van der Waals surface area contributed by atoms with E-state index in [9.17, 15) is 0 Å². The maximum atomic E-state index is 3.99. The molecular weight excluding hydrogens is 232 g/mol. The van der Waals surface area contributed by atoms with E-state index in [0.29, 0.717) is 0 Å². The molecule has 19 heavy (non-hydrogen) atoms. The number of hydrogen-bond donors (Lipinski definition) is 1. The summed E-state index contributed by atoms with van der Waals surface area (Å²) in [6.45, 7) is 11.0. The zero-order valence-electron chi connectivity index (χ0n) is 13.3. The minimum Gasteiger partial charge on any atom is -0.310 e. The second kappa shape index (κ2) is 7.64. The molecule has 0 bridgehead atoms. The lowest BCUT2D eigenvalue weighted by atomic mass is 9.84. The molecule has 2 heteroatoms. The number of piperidine rings is 1. The van der Waals surface area contributed by atoms with Crippen LogP contribution in [0.4, 0.5) is 0 Å². The average Bonchev–Trinajstić information content (AvgIpc) is 2.40. The monoisotopic (exact) mass is 266 g/mol. The topological polar surface area (TPSA) is 15.3 Å². The molecule has 2 atom stereocenters. The third kappa shape index (κ3) is 4.75. The van der Waals surface area contributed by atoms with Crippen LogP contribution in [-0.2, 0) is 0 Å². The van der Waals surface area contributed by atoms with Crippen LogP contribution in [0, 0.1) is 11.8 Å². The highest BCUT2D eigenvalue weighted by Gasteiger charge is 2.29. The molecule has 2 unspecified atom stereocenters. The molecule has 1 aliphatic carbocycles. The van der Waals surface area contributed by atoms with Gasteiger partial charge in [-0.2, -0.15) is 0 Å². The molecule has 0 aromatic heterocycles. The van der Waals surface area contributed by atoms with E-state index in [-0.39, 0.29) is 0 Å². The maximum Gasteiger partial charge on any atom is 0.0200 e. The Morgan fingerprint density at radius 2 is 1.79 bits per heavy atom. The molecule has 1 N–H and O–H groups in total. The zero-order chi connectivity index (χ0) is 13.7. The fourth-order valence-electron chi connectivity index (χ4n) is 3.94. The van der Waals surface area contributed by atoms with E-state index in [1.54, 1.807) is 0 Å². The first-order valence-corrected chi connectivity index (χ1v) is 8.67. The van der Waals surface area contributed by atoms with E-state index in [0.717, 1.165) is 23.9 Å². The van der Waals surface area contributed by atoms with Gasteiger partial charge in [0.25, 0.3) is 0 Å². The first kappa shape index (κ1) is 15.3. The van der Waals surface area contributed by atoms with E-state index in [1.165, 1.54) is 64.6 Å². The van der Waals surface area contributed by atoms with Crippen molar-refractivity contribution in [3.05, 3.63) is 0 Å². The third-order valence-electron chi connectivity index (χ3n) is 5.12. The summed E-state index contributed by atoms with van der Waals surface area (Å²) in [4.78, 5) is 2.70. The summed E-state index contributed by atoms with van der Waals surface area (Å²) in [5.74, 6) is 1.72. The number of nitrogens with zero attached hydrogens (tertiary/aromatic N) is 1. The molecule has 2 nitrogen and oxygen atoms in total. The van der Waals surface area contributed by atoms with Crippen LogP contribution in [0.5, 0.6) is 0 Å². The molecule has 1 saturated heterocycles. The number of likely N-dealkylation sites (tertiary alicyclic amines) is 1.